The predicted octanol–water partition coefficient (Wildman–Crippen LogP) is 3.89. The lowest BCUT2D eigenvalue weighted by atomic mass is 10.0. The van der Waals surface area contributed by atoms with Crippen LogP contribution in [0, 0.1) is 5.82 Å². The van der Waals surface area contributed by atoms with Gasteiger partial charge in [0.25, 0.3) is 0 Å². The Morgan fingerprint density at radius 2 is 1.89 bits per heavy atom. The van der Waals surface area contributed by atoms with Crippen molar-refractivity contribution in [2.24, 2.45) is 5.16 Å². The van der Waals surface area contributed by atoms with Gasteiger partial charge in [-0.1, -0.05) is 17.3 Å². The number of aldehydes is 1. The van der Waals surface area contributed by atoms with E-state index in [2.05, 4.69) is 5.16 Å². The van der Waals surface area contributed by atoms with Gasteiger partial charge in [0.05, 0.1) is 13.2 Å². The standard InChI is InChI=1S/C18H26FN2O5P/c1-4-24-27(23,25-5-2)14-17-20-26-18(3,21(17)12-6-7-13-22)15-8-10-16(19)11-9-15/h8-11,13H,4-7,12,14H2,1-3H3. The average Bonchev–Trinajstić information content (AvgIpc) is 2.93. The number of rotatable bonds is 11. The van der Waals surface area contributed by atoms with Crippen LogP contribution in [0.2, 0.25) is 0 Å². The maximum Gasteiger partial charge on any atom is 0.338 e. The maximum absolute atomic E-state index is 13.3. The number of unbranched alkanes of at least 4 members (excludes halogenated alkanes) is 1. The molecule has 0 bridgehead atoms. The number of carbonyl (C=O) groups excluding carboxylic acids is 1. The summed E-state index contributed by atoms with van der Waals surface area (Å²) in [6.07, 6.45) is 1.73. The molecule has 1 aromatic rings. The summed E-state index contributed by atoms with van der Waals surface area (Å²) in [5.74, 6) is 0.0594. The second kappa shape index (κ2) is 9.44. The van der Waals surface area contributed by atoms with Crippen LogP contribution < -0.4 is 0 Å². The van der Waals surface area contributed by atoms with E-state index in [0.717, 1.165) is 6.29 Å². The van der Waals surface area contributed by atoms with Crippen molar-refractivity contribution < 1.29 is 27.6 Å². The van der Waals surface area contributed by atoms with Crippen molar-refractivity contribution in [1.29, 1.82) is 0 Å². The van der Waals surface area contributed by atoms with Gasteiger partial charge in [0.2, 0.25) is 5.72 Å². The Morgan fingerprint density at radius 1 is 1.26 bits per heavy atom. The number of halogens is 1. The summed E-state index contributed by atoms with van der Waals surface area (Å²) in [7, 11) is -3.38. The number of amidine groups is 1. The van der Waals surface area contributed by atoms with Gasteiger partial charge in [-0.2, -0.15) is 0 Å². The zero-order valence-corrected chi connectivity index (χ0v) is 16.8. The van der Waals surface area contributed by atoms with E-state index >= 15 is 0 Å². The SMILES string of the molecule is CCOP(=O)(CC1=NOC(C)(c2ccc(F)cc2)N1CCCC=O)OCC. The first-order chi connectivity index (χ1) is 12.9. The van der Waals surface area contributed by atoms with E-state index < -0.39 is 13.3 Å². The molecule has 1 aliphatic heterocycles. The summed E-state index contributed by atoms with van der Waals surface area (Å²) in [6, 6.07) is 5.92. The lowest BCUT2D eigenvalue weighted by molar-refractivity contribution is -0.108. The van der Waals surface area contributed by atoms with Gasteiger partial charge in [-0.3, -0.25) is 4.57 Å². The van der Waals surface area contributed by atoms with Crippen LogP contribution in [0.1, 0.15) is 39.2 Å². The summed E-state index contributed by atoms with van der Waals surface area (Å²) in [5.41, 5.74) is -0.314. The molecule has 0 aliphatic carbocycles. The van der Waals surface area contributed by atoms with Gasteiger partial charge in [0.1, 0.15) is 18.3 Å². The number of oxime groups is 1. The predicted molar refractivity (Wildman–Crippen MR) is 100 cm³/mol. The third-order valence-corrected chi connectivity index (χ3v) is 6.20. The Kier molecular flexibility index (Phi) is 7.53. The molecule has 0 amide bonds. The topological polar surface area (TPSA) is 77.4 Å². The van der Waals surface area contributed by atoms with Crippen molar-refractivity contribution >= 4 is 19.7 Å². The highest BCUT2D eigenvalue weighted by Gasteiger charge is 2.45. The van der Waals surface area contributed by atoms with Gasteiger partial charge in [0.15, 0.2) is 5.84 Å². The minimum absolute atomic E-state index is 0.0491. The van der Waals surface area contributed by atoms with Gasteiger partial charge in [-0.15, -0.1) is 0 Å². The largest absolute Gasteiger partial charge is 0.361 e. The van der Waals surface area contributed by atoms with Crippen molar-refractivity contribution in [3.63, 3.8) is 0 Å². The fourth-order valence-corrected chi connectivity index (χ4v) is 4.56. The van der Waals surface area contributed by atoms with Crippen LogP contribution in [0.4, 0.5) is 4.39 Å². The normalized spacial score (nSPS) is 19.7. The van der Waals surface area contributed by atoms with Crippen molar-refractivity contribution in [3.05, 3.63) is 35.6 Å². The fraction of sp³-hybridized carbons (Fsp3) is 0.556. The molecule has 0 radical (unpaired) electrons. The molecule has 1 atom stereocenters. The fourth-order valence-electron chi connectivity index (χ4n) is 2.94. The van der Waals surface area contributed by atoms with Gasteiger partial charge in [-0.25, -0.2) is 4.39 Å². The zero-order valence-electron chi connectivity index (χ0n) is 15.9. The first-order valence-corrected chi connectivity index (χ1v) is 10.7. The molecule has 7 nitrogen and oxygen atoms in total. The molecular formula is C18H26FN2O5P. The van der Waals surface area contributed by atoms with E-state index in [1.54, 1.807) is 32.9 Å². The van der Waals surface area contributed by atoms with Gasteiger partial charge in [0, 0.05) is 25.5 Å². The van der Waals surface area contributed by atoms with E-state index in [-0.39, 0.29) is 25.2 Å². The number of nitrogens with zero attached hydrogens (tertiary/aromatic N) is 2. The van der Waals surface area contributed by atoms with E-state index in [4.69, 9.17) is 13.9 Å². The maximum atomic E-state index is 13.3. The van der Waals surface area contributed by atoms with E-state index in [0.29, 0.717) is 30.8 Å². The molecule has 1 aliphatic rings. The molecule has 27 heavy (non-hydrogen) atoms. The quantitative estimate of drug-likeness (QED) is 0.319. The Hall–Kier alpha value is -1.76. The first kappa shape index (κ1) is 21.5. The molecule has 0 N–H and O–H groups in total. The van der Waals surface area contributed by atoms with Crippen molar-refractivity contribution in [2.75, 3.05) is 25.9 Å². The molecule has 1 unspecified atom stereocenters. The van der Waals surface area contributed by atoms with E-state index in [1.807, 2.05) is 4.90 Å². The summed E-state index contributed by atoms with van der Waals surface area (Å²) >= 11 is 0. The molecule has 0 fully saturated rings. The second-order valence-electron chi connectivity index (χ2n) is 6.15. The van der Waals surface area contributed by atoms with Crippen molar-refractivity contribution in [3.8, 4) is 0 Å². The highest BCUT2D eigenvalue weighted by molar-refractivity contribution is 7.54. The minimum atomic E-state index is -3.38. The molecule has 0 saturated carbocycles. The summed E-state index contributed by atoms with van der Waals surface area (Å²) in [4.78, 5) is 18.2. The lowest BCUT2D eigenvalue weighted by Gasteiger charge is -2.35. The molecule has 0 aromatic heterocycles. The van der Waals surface area contributed by atoms with Crippen LogP contribution in [0.5, 0.6) is 0 Å². The molecular weight excluding hydrogens is 374 g/mol. The lowest BCUT2D eigenvalue weighted by Crippen LogP contribution is -2.45. The highest BCUT2D eigenvalue weighted by atomic mass is 31.2. The van der Waals surface area contributed by atoms with Gasteiger partial charge < -0.3 is 23.6 Å². The van der Waals surface area contributed by atoms with E-state index in [9.17, 15) is 13.8 Å². The number of hydrogen-bond acceptors (Lipinski definition) is 7. The van der Waals surface area contributed by atoms with Crippen LogP contribution in [0.15, 0.2) is 29.4 Å². The van der Waals surface area contributed by atoms with Crippen LogP contribution in [-0.2, 0) is 29.0 Å². The van der Waals surface area contributed by atoms with Crippen molar-refractivity contribution in [2.45, 2.75) is 39.3 Å². The molecule has 0 saturated heterocycles. The zero-order chi connectivity index (χ0) is 19.9. The van der Waals surface area contributed by atoms with E-state index in [1.165, 1.54) is 12.1 Å². The number of benzene rings is 1. The smallest absolute Gasteiger partial charge is 0.338 e. The molecule has 2 rings (SSSR count). The third-order valence-electron chi connectivity index (χ3n) is 4.23. The average molecular weight is 400 g/mol. The number of hydrogen-bond donors (Lipinski definition) is 0. The van der Waals surface area contributed by atoms with Gasteiger partial charge >= 0.3 is 7.60 Å². The Morgan fingerprint density at radius 3 is 2.44 bits per heavy atom. The monoisotopic (exact) mass is 400 g/mol. The third kappa shape index (κ3) is 5.15. The Balaban J connectivity index is 2.29. The van der Waals surface area contributed by atoms with Crippen LogP contribution in [0.3, 0.4) is 0 Å². The van der Waals surface area contributed by atoms with Crippen molar-refractivity contribution in [1.82, 2.24) is 4.90 Å². The summed E-state index contributed by atoms with van der Waals surface area (Å²) in [6.45, 7) is 6.21. The molecule has 9 heteroatoms. The van der Waals surface area contributed by atoms with Crippen LogP contribution in [0.25, 0.3) is 0 Å². The summed E-state index contributed by atoms with van der Waals surface area (Å²) < 4.78 is 37.0. The number of carbonyl (C=O) groups is 1. The highest BCUT2D eigenvalue weighted by Crippen LogP contribution is 2.50. The summed E-state index contributed by atoms with van der Waals surface area (Å²) in [5, 5.41) is 4.13. The van der Waals surface area contributed by atoms with Crippen LogP contribution in [-0.4, -0.2) is 42.9 Å². The van der Waals surface area contributed by atoms with Gasteiger partial charge in [-0.05, 0) is 32.4 Å². The van der Waals surface area contributed by atoms with Crippen LogP contribution >= 0.6 is 7.60 Å². The Bertz CT molecular complexity index is 702. The minimum Gasteiger partial charge on any atom is -0.361 e. The molecule has 0 spiro atoms. The molecule has 150 valence electrons. The molecule has 1 heterocycles. The second-order valence-corrected chi connectivity index (χ2v) is 8.21. The molecule has 1 aromatic carbocycles. The first-order valence-electron chi connectivity index (χ1n) is 8.99. The Labute approximate surface area is 159 Å².